The first kappa shape index (κ1) is 36.8. The lowest BCUT2D eigenvalue weighted by atomic mass is 9.66. The van der Waals surface area contributed by atoms with Crippen molar-refractivity contribution in [3.8, 4) is 0 Å². The van der Waals surface area contributed by atoms with E-state index in [1.807, 2.05) is 0 Å². The van der Waals surface area contributed by atoms with Crippen LogP contribution in [0.15, 0.2) is 72.8 Å². The summed E-state index contributed by atoms with van der Waals surface area (Å²) in [5, 5.41) is 17.5. The van der Waals surface area contributed by atoms with Crippen LogP contribution < -0.4 is 10.6 Å². The largest absolute Gasteiger partial charge is 0.391 e. The zero-order valence-corrected chi connectivity index (χ0v) is 30.7. The molecule has 3 aliphatic heterocycles. The molecule has 6 rings (SSSR count). The fourth-order valence-electron chi connectivity index (χ4n) is 8.49. The number of amides is 3. The van der Waals surface area contributed by atoms with E-state index in [1.54, 1.807) is 9.80 Å². The van der Waals surface area contributed by atoms with Gasteiger partial charge in [-0.2, -0.15) is 0 Å². The third kappa shape index (κ3) is 7.92. The Balaban J connectivity index is 1.32. The van der Waals surface area contributed by atoms with Crippen LogP contribution in [0.2, 0.25) is 0 Å². The highest BCUT2D eigenvalue weighted by molar-refractivity contribution is 5.93. The Morgan fingerprint density at radius 1 is 0.765 bits per heavy atom. The van der Waals surface area contributed by atoms with Gasteiger partial charge in [-0.1, -0.05) is 93.6 Å². The van der Waals surface area contributed by atoms with E-state index in [2.05, 4.69) is 104 Å². The lowest BCUT2D eigenvalue weighted by molar-refractivity contribution is -0.146. The predicted octanol–water partition coefficient (Wildman–Crippen LogP) is 5.17. The summed E-state index contributed by atoms with van der Waals surface area (Å²) in [7, 11) is 0. The van der Waals surface area contributed by atoms with E-state index in [-0.39, 0.29) is 37.1 Å². The van der Waals surface area contributed by atoms with Crippen LogP contribution >= 0.6 is 0 Å². The normalized spacial score (nSPS) is 22.3. The molecule has 0 bridgehead atoms. The Labute approximate surface area is 304 Å². The van der Waals surface area contributed by atoms with Crippen molar-refractivity contribution in [2.45, 2.75) is 102 Å². The zero-order valence-electron chi connectivity index (χ0n) is 30.7. The van der Waals surface area contributed by atoms with Crippen molar-refractivity contribution in [1.29, 1.82) is 0 Å². The van der Waals surface area contributed by atoms with Gasteiger partial charge in [-0.05, 0) is 97.3 Å². The molecular formula is C43H56N4O4. The van der Waals surface area contributed by atoms with Crippen LogP contribution in [0, 0.1) is 5.92 Å². The van der Waals surface area contributed by atoms with Crippen molar-refractivity contribution in [3.05, 3.63) is 106 Å². The van der Waals surface area contributed by atoms with Crippen LogP contribution in [0.25, 0.3) is 0 Å². The summed E-state index contributed by atoms with van der Waals surface area (Å²) in [6, 6.07) is 24.3. The van der Waals surface area contributed by atoms with Crippen molar-refractivity contribution >= 4 is 17.7 Å². The summed E-state index contributed by atoms with van der Waals surface area (Å²) in [5.41, 5.74) is 5.84. The lowest BCUT2D eigenvalue weighted by Gasteiger charge is -2.38. The molecule has 3 amide bonds. The molecule has 0 aliphatic carbocycles. The molecule has 0 unspecified atom stereocenters. The molecule has 3 saturated heterocycles. The number of piperidine rings is 1. The third-order valence-electron chi connectivity index (χ3n) is 11.7. The molecule has 0 radical (unpaired) electrons. The lowest BCUT2D eigenvalue weighted by Crippen LogP contribution is -2.54. The average molecular weight is 693 g/mol. The average Bonchev–Trinajstić information content (AvgIpc) is 3.84. The molecular weight excluding hydrogens is 636 g/mol. The molecule has 8 nitrogen and oxygen atoms in total. The van der Waals surface area contributed by atoms with Gasteiger partial charge in [-0.15, -0.1) is 0 Å². The van der Waals surface area contributed by atoms with Crippen LogP contribution in [0.5, 0.6) is 0 Å². The van der Waals surface area contributed by atoms with Crippen molar-refractivity contribution in [2.24, 2.45) is 5.92 Å². The van der Waals surface area contributed by atoms with Gasteiger partial charge in [0.15, 0.2) is 0 Å². The Hall–Kier alpha value is -4.01. The molecule has 4 atom stereocenters. The van der Waals surface area contributed by atoms with Gasteiger partial charge in [0.1, 0.15) is 12.1 Å². The number of nitrogens with one attached hydrogen (secondary N) is 2. The topological polar surface area (TPSA) is 102 Å². The van der Waals surface area contributed by atoms with Gasteiger partial charge in [0.25, 0.3) is 0 Å². The molecule has 8 heteroatoms. The number of nitrogens with zero attached hydrogens (tertiary/aromatic N) is 2. The Kier molecular flexibility index (Phi) is 11.9. The first-order chi connectivity index (χ1) is 24.8. The smallest absolute Gasteiger partial charge is 0.246 e. The number of carbonyl (C=O) groups excluding carboxylic acids is 3. The quantitative estimate of drug-likeness (QED) is 0.228. The van der Waals surface area contributed by atoms with Crippen LogP contribution in [-0.4, -0.2) is 83.5 Å². The Morgan fingerprint density at radius 3 is 1.80 bits per heavy atom. The SMILES string of the molecule is CCc1ccc(C(CC(=O)N2C[C@H](O)C[C@H]2C(=O)N2CCC[C@@H]2C(=O)NC[C@H]2CCCNC2)(c2ccc(CC)cc2)c2ccc(CC)cc2)cc1. The summed E-state index contributed by atoms with van der Waals surface area (Å²) in [4.78, 5) is 45.9. The van der Waals surface area contributed by atoms with E-state index in [0.29, 0.717) is 25.4 Å². The number of hydrogen-bond acceptors (Lipinski definition) is 5. The summed E-state index contributed by atoms with van der Waals surface area (Å²) in [5.74, 6) is -0.160. The highest BCUT2D eigenvalue weighted by atomic mass is 16.3. The number of rotatable bonds is 12. The maximum absolute atomic E-state index is 14.9. The molecule has 272 valence electrons. The number of aryl methyl sites for hydroxylation is 3. The summed E-state index contributed by atoms with van der Waals surface area (Å²) >= 11 is 0. The van der Waals surface area contributed by atoms with Gasteiger partial charge in [0.2, 0.25) is 17.7 Å². The number of aliphatic hydroxyl groups excluding tert-OH is 1. The molecule has 3 aromatic carbocycles. The number of hydrogen-bond donors (Lipinski definition) is 3. The highest BCUT2D eigenvalue weighted by Gasteiger charge is 2.47. The van der Waals surface area contributed by atoms with E-state index in [9.17, 15) is 19.5 Å². The van der Waals surface area contributed by atoms with Crippen LogP contribution in [0.4, 0.5) is 0 Å². The second-order valence-electron chi connectivity index (χ2n) is 14.8. The maximum atomic E-state index is 14.9. The predicted molar refractivity (Wildman–Crippen MR) is 201 cm³/mol. The fourth-order valence-corrected chi connectivity index (χ4v) is 8.49. The highest BCUT2D eigenvalue weighted by Crippen LogP contribution is 2.44. The molecule has 0 spiro atoms. The minimum Gasteiger partial charge on any atom is -0.391 e. The maximum Gasteiger partial charge on any atom is 0.246 e. The number of likely N-dealkylation sites (tertiary alicyclic amines) is 2. The number of β-amino-alcohol motifs (C(OH)–C–C–N with tert-alkyl or cyclic N) is 1. The van der Waals surface area contributed by atoms with Crippen molar-refractivity contribution in [3.63, 3.8) is 0 Å². The van der Waals surface area contributed by atoms with Crippen molar-refractivity contribution in [1.82, 2.24) is 20.4 Å². The summed E-state index contributed by atoms with van der Waals surface area (Å²) in [6.07, 6.45) is 5.67. The molecule has 0 aromatic heterocycles. The molecule has 0 saturated carbocycles. The van der Waals surface area contributed by atoms with E-state index < -0.39 is 23.6 Å². The van der Waals surface area contributed by atoms with Crippen LogP contribution in [-0.2, 0) is 39.1 Å². The van der Waals surface area contributed by atoms with E-state index in [4.69, 9.17) is 0 Å². The monoisotopic (exact) mass is 692 g/mol. The van der Waals surface area contributed by atoms with Gasteiger partial charge < -0.3 is 25.5 Å². The number of benzene rings is 3. The van der Waals surface area contributed by atoms with Crippen molar-refractivity contribution < 1.29 is 19.5 Å². The van der Waals surface area contributed by atoms with Gasteiger partial charge >= 0.3 is 0 Å². The minimum atomic E-state index is -0.840. The molecule has 3 N–H and O–H groups in total. The number of aliphatic hydroxyl groups is 1. The molecule has 3 aliphatic rings. The van der Waals surface area contributed by atoms with Crippen molar-refractivity contribution in [2.75, 3.05) is 32.7 Å². The molecule has 51 heavy (non-hydrogen) atoms. The first-order valence-corrected chi connectivity index (χ1v) is 19.3. The third-order valence-corrected chi connectivity index (χ3v) is 11.7. The van der Waals surface area contributed by atoms with Gasteiger partial charge in [0.05, 0.1) is 11.5 Å². The molecule has 3 heterocycles. The van der Waals surface area contributed by atoms with Crippen LogP contribution in [0.1, 0.15) is 92.7 Å². The van der Waals surface area contributed by atoms with E-state index in [1.165, 1.54) is 16.7 Å². The van der Waals surface area contributed by atoms with E-state index >= 15 is 0 Å². The number of carbonyl (C=O) groups is 3. The first-order valence-electron chi connectivity index (χ1n) is 19.3. The zero-order chi connectivity index (χ0) is 36.0. The Morgan fingerprint density at radius 2 is 1.31 bits per heavy atom. The standard InChI is InChI=1S/C43H56N4O4/c1-4-30-11-17-34(18-12-30)43(35-19-13-31(5-2)14-20-35,36-21-15-32(6-3)16-22-36)26-40(49)47-29-37(48)25-39(47)42(51)46-24-8-10-38(46)41(50)45-28-33-9-7-23-44-27-33/h11-22,33,37-39,44,48H,4-10,23-29H2,1-3H3,(H,45,50)/t33-,37+,38+,39-/m0/s1. The second-order valence-corrected chi connectivity index (χ2v) is 14.8. The molecule has 3 aromatic rings. The second kappa shape index (κ2) is 16.6. The van der Waals surface area contributed by atoms with Gasteiger partial charge in [-0.25, -0.2) is 0 Å². The van der Waals surface area contributed by atoms with Gasteiger partial charge in [-0.3, -0.25) is 14.4 Å². The summed E-state index contributed by atoms with van der Waals surface area (Å²) < 4.78 is 0. The summed E-state index contributed by atoms with van der Waals surface area (Å²) in [6.45, 7) is 9.46. The fraction of sp³-hybridized carbons (Fsp3) is 0.512. The molecule has 3 fully saturated rings. The van der Waals surface area contributed by atoms with Gasteiger partial charge in [0, 0.05) is 32.5 Å². The van der Waals surface area contributed by atoms with Crippen LogP contribution in [0.3, 0.4) is 0 Å². The van der Waals surface area contributed by atoms with E-state index in [0.717, 1.165) is 68.3 Å². The Bertz CT molecular complexity index is 1520. The minimum absolute atomic E-state index is 0.0863.